The van der Waals surface area contributed by atoms with Crippen molar-refractivity contribution in [2.75, 3.05) is 13.2 Å². The highest BCUT2D eigenvalue weighted by molar-refractivity contribution is 5.76. The SMILES string of the molecule is CCCCCCCCCCCCCCC[C@@H](O)[C@@H](O)[C@H](CO[C@@H]1O[C@H](CO)[C@H](O)C(O)C1O)NC(=O)CCCCCCCCC. The van der Waals surface area contributed by atoms with Crippen molar-refractivity contribution >= 4 is 5.91 Å². The number of aliphatic hydroxyl groups excluding tert-OH is 6. The number of hydrogen-bond acceptors (Lipinski definition) is 9. The fraction of sp³-hybridized carbons (Fsp3) is 0.971. The van der Waals surface area contributed by atoms with E-state index >= 15 is 0 Å². The Bertz CT molecular complexity index is 698. The number of nitrogens with one attached hydrogen (secondary N) is 1. The predicted octanol–water partition coefficient (Wildman–Crippen LogP) is 4.63. The molecule has 10 nitrogen and oxygen atoms in total. The van der Waals surface area contributed by atoms with Crippen molar-refractivity contribution in [2.45, 2.75) is 204 Å². The molecule has 0 radical (unpaired) electrons. The van der Waals surface area contributed by atoms with E-state index in [9.17, 15) is 35.4 Å². The zero-order chi connectivity index (χ0) is 33.3. The van der Waals surface area contributed by atoms with Gasteiger partial charge in [-0.15, -0.1) is 0 Å². The number of aliphatic hydroxyl groups is 6. The summed E-state index contributed by atoms with van der Waals surface area (Å²) >= 11 is 0. The maximum absolute atomic E-state index is 12.8. The van der Waals surface area contributed by atoms with Crippen LogP contribution in [0.1, 0.15) is 155 Å². The third kappa shape index (κ3) is 18.9. The molecule has 2 unspecified atom stereocenters. The van der Waals surface area contributed by atoms with Crippen LogP contribution in [0.3, 0.4) is 0 Å². The summed E-state index contributed by atoms with van der Waals surface area (Å²) in [6.45, 7) is 3.52. The number of unbranched alkanes of at least 4 members (excludes halogenated alkanes) is 18. The molecule has 0 aromatic carbocycles. The fourth-order valence-electron chi connectivity index (χ4n) is 5.96. The summed E-state index contributed by atoms with van der Waals surface area (Å²) in [6.07, 6.45) is 14.2. The molecule has 1 fully saturated rings. The number of carbonyl (C=O) groups excluding carboxylic acids is 1. The second-order valence-corrected chi connectivity index (χ2v) is 13.2. The Labute approximate surface area is 273 Å². The maximum atomic E-state index is 12.8. The van der Waals surface area contributed by atoms with Gasteiger partial charge in [0.05, 0.1) is 25.4 Å². The van der Waals surface area contributed by atoms with Crippen LogP contribution in [0.25, 0.3) is 0 Å². The van der Waals surface area contributed by atoms with Crippen LogP contribution in [-0.2, 0) is 14.3 Å². The molecule has 1 heterocycles. The first-order valence-corrected chi connectivity index (χ1v) is 18.3. The van der Waals surface area contributed by atoms with Crippen LogP contribution in [0.15, 0.2) is 0 Å². The van der Waals surface area contributed by atoms with E-state index in [2.05, 4.69) is 19.2 Å². The molecule has 8 atom stereocenters. The first-order chi connectivity index (χ1) is 21.8. The Kier molecular flexibility index (Phi) is 25.4. The van der Waals surface area contributed by atoms with Crippen molar-refractivity contribution in [3.8, 4) is 0 Å². The molecule has 268 valence electrons. The quantitative estimate of drug-likeness (QED) is 0.0572. The van der Waals surface area contributed by atoms with Gasteiger partial charge in [0.25, 0.3) is 0 Å². The summed E-state index contributed by atoms with van der Waals surface area (Å²) in [5.41, 5.74) is 0. The summed E-state index contributed by atoms with van der Waals surface area (Å²) in [5.74, 6) is -0.266. The second-order valence-electron chi connectivity index (χ2n) is 13.2. The predicted molar refractivity (Wildman–Crippen MR) is 177 cm³/mol. The molecule has 10 heteroatoms. The fourth-order valence-corrected chi connectivity index (χ4v) is 5.96. The standard InChI is InChI=1S/C35H69NO9/c1-3-5-7-9-11-12-13-14-15-16-18-19-21-23-28(38)31(40)27(36-30(39)24-22-20-17-10-8-6-4-2)26-44-35-34(43)33(42)32(41)29(25-37)45-35/h27-29,31-35,37-38,40-43H,3-26H2,1-2H3,(H,36,39)/t27-,28+,29+,31-,32-,33?,34?,35+/m0/s1. The van der Waals surface area contributed by atoms with Gasteiger partial charge < -0.3 is 45.4 Å². The van der Waals surface area contributed by atoms with Crippen LogP contribution < -0.4 is 5.32 Å². The van der Waals surface area contributed by atoms with E-state index in [1.54, 1.807) is 0 Å². The Morgan fingerprint density at radius 1 is 0.689 bits per heavy atom. The average molecular weight is 648 g/mol. The lowest BCUT2D eigenvalue weighted by atomic mass is 9.98. The first-order valence-electron chi connectivity index (χ1n) is 18.3. The third-order valence-corrected chi connectivity index (χ3v) is 9.05. The molecule has 1 saturated heterocycles. The number of carbonyl (C=O) groups is 1. The molecule has 45 heavy (non-hydrogen) atoms. The van der Waals surface area contributed by atoms with Gasteiger partial charge in [-0.25, -0.2) is 0 Å². The summed E-state index contributed by atoms with van der Waals surface area (Å²) in [5, 5.41) is 64.5. The molecule has 1 aliphatic rings. The van der Waals surface area contributed by atoms with Crippen LogP contribution in [0.4, 0.5) is 0 Å². The molecular formula is C35H69NO9. The lowest BCUT2D eigenvalue weighted by molar-refractivity contribution is -0.303. The van der Waals surface area contributed by atoms with Crippen LogP contribution in [0, 0.1) is 0 Å². The van der Waals surface area contributed by atoms with Crippen molar-refractivity contribution in [3.63, 3.8) is 0 Å². The summed E-state index contributed by atoms with van der Waals surface area (Å²) < 4.78 is 11.1. The largest absolute Gasteiger partial charge is 0.394 e. The third-order valence-electron chi connectivity index (χ3n) is 9.05. The van der Waals surface area contributed by atoms with Crippen molar-refractivity contribution in [1.29, 1.82) is 0 Å². The molecule has 7 N–H and O–H groups in total. The van der Waals surface area contributed by atoms with E-state index in [0.717, 1.165) is 44.9 Å². The molecule has 1 aliphatic heterocycles. The zero-order valence-corrected chi connectivity index (χ0v) is 28.5. The normalized spacial score (nSPS) is 24.0. The lowest BCUT2D eigenvalue weighted by Gasteiger charge is -2.40. The zero-order valence-electron chi connectivity index (χ0n) is 28.5. The summed E-state index contributed by atoms with van der Waals surface area (Å²) in [4.78, 5) is 12.8. The Balaban J connectivity index is 2.50. The van der Waals surface area contributed by atoms with Gasteiger partial charge in [0.15, 0.2) is 6.29 Å². The van der Waals surface area contributed by atoms with Gasteiger partial charge in [0, 0.05) is 6.42 Å². The van der Waals surface area contributed by atoms with Crippen LogP contribution in [0.5, 0.6) is 0 Å². The van der Waals surface area contributed by atoms with E-state index in [-0.39, 0.29) is 18.9 Å². The van der Waals surface area contributed by atoms with Gasteiger partial charge >= 0.3 is 0 Å². The van der Waals surface area contributed by atoms with E-state index in [1.807, 2.05) is 0 Å². The number of ether oxygens (including phenoxy) is 2. The molecule has 0 saturated carbocycles. The number of rotatable bonds is 29. The smallest absolute Gasteiger partial charge is 0.220 e. The molecule has 0 spiro atoms. The van der Waals surface area contributed by atoms with Gasteiger partial charge in [-0.3, -0.25) is 4.79 Å². The molecule has 0 aromatic rings. The van der Waals surface area contributed by atoms with E-state index in [1.165, 1.54) is 83.5 Å². The van der Waals surface area contributed by atoms with Crippen LogP contribution in [-0.4, -0.2) is 98.7 Å². The van der Waals surface area contributed by atoms with Gasteiger partial charge in [-0.05, 0) is 12.8 Å². The van der Waals surface area contributed by atoms with Crippen molar-refractivity contribution in [3.05, 3.63) is 0 Å². The molecule has 1 rings (SSSR count). The van der Waals surface area contributed by atoms with Crippen LogP contribution in [0.2, 0.25) is 0 Å². The van der Waals surface area contributed by atoms with Gasteiger partial charge in [0.1, 0.15) is 30.5 Å². The monoisotopic (exact) mass is 647 g/mol. The van der Waals surface area contributed by atoms with Crippen LogP contribution >= 0.6 is 0 Å². The Morgan fingerprint density at radius 2 is 1.16 bits per heavy atom. The van der Waals surface area contributed by atoms with Crippen molar-refractivity contribution in [1.82, 2.24) is 5.32 Å². The second kappa shape index (κ2) is 27.1. The highest BCUT2D eigenvalue weighted by Crippen LogP contribution is 2.23. The molecular weight excluding hydrogens is 578 g/mol. The van der Waals surface area contributed by atoms with Gasteiger partial charge in [-0.2, -0.15) is 0 Å². The van der Waals surface area contributed by atoms with Gasteiger partial charge in [0.2, 0.25) is 5.91 Å². The average Bonchev–Trinajstić information content (AvgIpc) is 3.03. The minimum absolute atomic E-state index is 0.266. The molecule has 0 bridgehead atoms. The Hall–Kier alpha value is -0.850. The molecule has 0 aliphatic carbocycles. The first kappa shape index (κ1) is 42.2. The van der Waals surface area contributed by atoms with Crippen molar-refractivity contribution < 1.29 is 44.9 Å². The molecule has 0 aromatic heterocycles. The lowest BCUT2D eigenvalue weighted by Crippen LogP contribution is -2.60. The highest BCUT2D eigenvalue weighted by atomic mass is 16.7. The summed E-state index contributed by atoms with van der Waals surface area (Å²) in [6, 6.07) is -0.980. The minimum atomic E-state index is -1.60. The molecule has 1 amide bonds. The number of hydrogen-bond donors (Lipinski definition) is 7. The highest BCUT2D eigenvalue weighted by Gasteiger charge is 2.44. The topological polar surface area (TPSA) is 169 Å². The van der Waals surface area contributed by atoms with E-state index < -0.39 is 55.6 Å². The van der Waals surface area contributed by atoms with E-state index in [0.29, 0.717) is 6.42 Å². The number of amides is 1. The summed E-state index contributed by atoms with van der Waals surface area (Å²) in [7, 11) is 0. The van der Waals surface area contributed by atoms with Crippen molar-refractivity contribution in [2.24, 2.45) is 0 Å². The Morgan fingerprint density at radius 3 is 1.64 bits per heavy atom. The minimum Gasteiger partial charge on any atom is -0.394 e. The van der Waals surface area contributed by atoms with E-state index in [4.69, 9.17) is 9.47 Å². The maximum Gasteiger partial charge on any atom is 0.220 e. The van der Waals surface area contributed by atoms with Gasteiger partial charge in [-0.1, -0.05) is 136 Å².